The van der Waals surface area contributed by atoms with Crippen LogP contribution in [0.25, 0.3) is 0 Å². The largest absolute Gasteiger partial charge is 0.383 e. The van der Waals surface area contributed by atoms with Crippen LogP contribution < -0.4 is 16.5 Å². The van der Waals surface area contributed by atoms with Gasteiger partial charge in [-0.2, -0.15) is 0 Å². The summed E-state index contributed by atoms with van der Waals surface area (Å²) in [6.45, 7) is 3.00. The van der Waals surface area contributed by atoms with Crippen LogP contribution in [0.4, 0.5) is 11.4 Å². The van der Waals surface area contributed by atoms with Crippen molar-refractivity contribution in [1.29, 1.82) is 0 Å². The van der Waals surface area contributed by atoms with Crippen molar-refractivity contribution in [3.8, 4) is 0 Å². The quantitative estimate of drug-likeness (QED) is 0.303. The lowest BCUT2D eigenvalue weighted by Gasteiger charge is -2.27. The topological polar surface area (TPSA) is 109 Å². The standard InChI is InChI=1S/C20H23N5O3/c1-28-24-17-4-2-3-16(13-26)18(17)23-19(21)14-5-7-15(8-6-14)20(27)25-11-9-22-10-12-25/h2-8,13,22,24H,9-12H2,1H3,(H2,21,23). The summed E-state index contributed by atoms with van der Waals surface area (Å²) in [5.74, 6) is 0.232. The minimum absolute atomic E-state index is 0.00133. The number of hydrogen-bond acceptors (Lipinski definition) is 6. The van der Waals surface area contributed by atoms with Crippen molar-refractivity contribution in [2.75, 3.05) is 38.8 Å². The average molecular weight is 381 g/mol. The highest BCUT2D eigenvalue weighted by Gasteiger charge is 2.18. The fourth-order valence-corrected chi connectivity index (χ4v) is 2.99. The number of carbonyl (C=O) groups is 2. The molecular formula is C20H23N5O3. The Hall–Kier alpha value is -3.23. The summed E-state index contributed by atoms with van der Waals surface area (Å²) in [7, 11) is 1.47. The number of nitrogens with two attached hydrogens (primary N) is 1. The number of para-hydroxylation sites is 1. The summed E-state index contributed by atoms with van der Waals surface area (Å²) in [6, 6.07) is 12.1. The second-order valence-corrected chi connectivity index (χ2v) is 6.28. The van der Waals surface area contributed by atoms with Crippen molar-refractivity contribution in [3.63, 3.8) is 0 Å². The molecule has 0 unspecified atom stereocenters. The number of rotatable bonds is 6. The number of aliphatic imine (C=N–C) groups is 1. The molecule has 2 aromatic carbocycles. The molecule has 0 radical (unpaired) electrons. The van der Waals surface area contributed by atoms with Gasteiger partial charge in [-0.25, -0.2) is 4.99 Å². The van der Waals surface area contributed by atoms with Crippen molar-refractivity contribution in [3.05, 3.63) is 59.2 Å². The number of carbonyl (C=O) groups excluding carboxylic acids is 2. The second kappa shape index (κ2) is 9.12. The van der Waals surface area contributed by atoms with Crippen LogP contribution in [0.5, 0.6) is 0 Å². The van der Waals surface area contributed by atoms with Gasteiger partial charge in [0.05, 0.1) is 12.8 Å². The van der Waals surface area contributed by atoms with Crippen LogP contribution in [0.1, 0.15) is 26.3 Å². The fraction of sp³-hybridized carbons (Fsp3) is 0.250. The molecule has 1 saturated heterocycles. The first kappa shape index (κ1) is 19.5. The van der Waals surface area contributed by atoms with E-state index in [4.69, 9.17) is 10.6 Å². The Labute approximate surface area is 163 Å². The minimum atomic E-state index is 0.00133. The van der Waals surface area contributed by atoms with E-state index in [1.807, 2.05) is 4.90 Å². The third kappa shape index (κ3) is 4.36. The van der Waals surface area contributed by atoms with Gasteiger partial charge < -0.3 is 16.0 Å². The van der Waals surface area contributed by atoms with E-state index in [1.54, 1.807) is 42.5 Å². The summed E-state index contributed by atoms with van der Waals surface area (Å²) in [4.78, 5) is 35.1. The van der Waals surface area contributed by atoms with Gasteiger partial charge in [0.1, 0.15) is 11.5 Å². The smallest absolute Gasteiger partial charge is 0.253 e. The molecule has 0 bridgehead atoms. The van der Waals surface area contributed by atoms with E-state index in [1.165, 1.54) is 7.11 Å². The lowest BCUT2D eigenvalue weighted by atomic mass is 10.1. The van der Waals surface area contributed by atoms with Crippen molar-refractivity contribution in [1.82, 2.24) is 10.2 Å². The number of nitrogens with one attached hydrogen (secondary N) is 2. The molecule has 1 heterocycles. The molecule has 0 spiro atoms. The predicted octanol–water partition coefficient (Wildman–Crippen LogP) is 1.55. The van der Waals surface area contributed by atoms with E-state index in [9.17, 15) is 9.59 Å². The Morgan fingerprint density at radius 3 is 2.50 bits per heavy atom. The number of nitrogens with zero attached hydrogens (tertiary/aromatic N) is 2. The maximum absolute atomic E-state index is 12.5. The lowest BCUT2D eigenvalue weighted by molar-refractivity contribution is 0.0735. The predicted molar refractivity (Wildman–Crippen MR) is 108 cm³/mol. The molecule has 2 aromatic rings. The highest BCUT2D eigenvalue weighted by Crippen LogP contribution is 2.29. The van der Waals surface area contributed by atoms with Gasteiger partial charge in [-0.1, -0.05) is 18.2 Å². The number of benzene rings is 2. The highest BCUT2D eigenvalue weighted by molar-refractivity contribution is 6.03. The number of anilines is 1. The molecule has 4 N–H and O–H groups in total. The SMILES string of the molecule is CONc1cccc(C=O)c1N=C(N)c1ccc(C(=O)N2CCNCC2)cc1. The van der Waals surface area contributed by atoms with E-state index in [2.05, 4.69) is 15.8 Å². The Morgan fingerprint density at radius 2 is 1.86 bits per heavy atom. The van der Waals surface area contributed by atoms with Crippen molar-refractivity contribution in [2.24, 2.45) is 10.7 Å². The van der Waals surface area contributed by atoms with Crippen LogP contribution in [0.3, 0.4) is 0 Å². The molecule has 1 aliphatic heterocycles. The number of amides is 1. The lowest BCUT2D eigenvalue weighted by Crippen LogP contribution is -2.46. The molecular weight excluding hydrogens is 358 g/mol. The second-order valence-electron chi connectivity index (χ2n) is 6.28. The normalized spacial score (nSPS) is 14.6. The summed E-state index contributed by atoms with van der Waals surface area (Å²) >= 11 is 0. The van der Waals surface area contributed by atoms with E-state index < -0.39 is 0 Å². The molecule has 28 heavy (non-hydrogen) atoms. The molecule has 8 heteroatoms. The molecule has 8 nitrogen and oxygen atoms in total. The van der Waals surface area contributed by atoms with Gasteiger partial charge in [-0.3, -0.25) is 19.9 Å². The monoisotopic (exact) mass is 381 g/mol. The molecule has 0 saturated carbocycles. The first-order valence-corrected chi connectivity index (χ1v) is 8.96. The first-order valence-electron chi connectivity index (χ1n) is 8.96. The summed E-state index contributed by atoms with van der Waals surface area (Å²) in [5.41, 5.74) is 11.4. The third-order valence-corrected chi connectivity index (χ3v) is 4.47. The number of hydrogen-bond donors (Lipinski definition) is 3. The Kier molecular flexibility index (Phi) is 6.36. The highest BCUT2D eigenvalue weighted by atomic mass is 16.6. The maximum atomic E-state index is 12.5. The van der Waals surface area contributed by atoms with E-state index in [-0.39, 0.29) is 11.7 Å². The van der Waals surface area contributed by atoms with Crippen LogP contribution >= 0.6 is 0 Å². The summed E-state index contributed by atoms with van der Waals surface area (Å²) < 4.78 is 0. The van der Waals surface area contributed by atoms with Crippen LogP contribution in [0.15, 0.2) is 47.5 Å². The first-order chi connectivity index (χ1) is 13.6. The van der Waals surface area contributed by atoms with Crippen LogP contribution in [-0.2, 0) is 4.84 Å². The molecule has 146 valence electrons. The zero-order valence-electron chi connectivity index (χ0n) is 15.6. The fourth-order valence-electron chi connectivity index (χ4n) is 2.99. The van der Waals surface area contributed by atoms with E-state index >= 15 is 0 Å². The zero-order valence-corrected chi connectivity index (χ0v) is 15.6. The number of piperazine rings is 1. The number of amidine groups is 1. The summed E-state index contributed by atoms with van der Waals surface area (Å²) in [5, 5.41) is 3.23. The minimum Gasteiger partial charge on any atom is -0.383 e. The molecule has 1 amide bonds. The van der Waals surface area contributed by atoms with Gasteiger partial charge >= 0.3 is 0 Å². The molecule has 1 aliphatic rings. The molecule has 0 atom stereocenters. The van der Waals surface area contributed by atoms with Crippen LogP contribution in [0, 0.1) is 0 Å². The molecule has 0 aromatic heterocycles. The van der Waals surface area contributed by atoms with Crippen molar-refractivity contribution in [2.45, 2.75) is 0 Å². The van der Waals surface area contributed by atoms with Gasteiger partial charge in [-0.05, 0) is 24.3 Å². The Balaban J connectivity index is 1.84. The molecule has 1 fully saturated rings. The van der Waals surface area contributed by atoms with Gasteiger partial charge in [0.25, 0.3) is 5.91 Å². The van der Waals surface area contributed by atoms with Gasteiger partial charge in [0.15, 0.2) is 6.29 Å². The van der Waals surface area contributed by atoms with Gasteiger partial charge in [0, 0.05) is 42.9 Å². The average Bonchev–Trinajstić information content (AvgIpc) is 2.75. The third-order valence-electron chi connectivity index (χ3n) is 4.47. The van der Waals surface area contributed by atoms with E-state index in [0.717, 1.165) is 13.1 Å². The maximum Gasteiger partial charge on any atom is 0.253 e. The van der Waals surface area contributed by atoms with Gasteiger partial charge in [-0.15, -0.1) is 0 Å². The Bertz CT molecular complexity index is 874. The number of aldehydes is 1. The zero-order chi connectivity index (χ0) is 19.9. The summed E-state index contributed by atoms with van der Waals surface area (Å²) in [6.07, 6.45) is 0.711. The van der Waals surface area contributed by atoms with Gasteiger partial charge in [0.2, 0.25) is 0 Å². The molecule has 0 aliphatic carbocycles. The van der Waals surface area contributed by atoms with E-state index in [0.29, 0.717) is 47.4 Å². The van der Waals surface area contributed by atoms with Crippen LogP contribution in [0.2, 0.25) is 0 Å². The van der Waals surface area contributed by atoms with Crippen LogP contribution in [-0.4, -0.2) is 56.2 Å². The van der Waals surface area contributed by atoms with Crippen molar-refractivity contribution >= 4 is 29.4 Å². The molecule has 3 rings (SSSR count). The van der Waals surface area contributed by atoms with Crippen molar-refractivity contribution < 1.29 is 14.4 Å². The Morgan fingerprint density at radius 1 is 1.18 bits per heavy atom.